The van der Waals surface area contributed by atoms with Crippen LogP contribution in [0.5, 0.6) is 0 Å². The lowest BCUT2D eigenvalue weighted by Crippen LogP contribution is -2.14. The summed E-state index contributed by atoms with van der Waals surface area (Å²) in [6.45, 7) is 1.71. The number of ether oxygens (including phenoxy) is 1. The van der Waals surface area contributed by atoms with Crippen molar-refractivity contribution >= 4 is 11.9 Å². The topological polar surface area (TPSA) is 87.4 Å². The number of esters is 1. The van der Waals surface area contributed by atoms with E-state index in [1.54, 1.807) is 6.92 Å². The van der Waals surface area contributed by atoms with Gasteiger partial charge in [0.15, 0.2) is 0 Å². The summed E-state index contributed by atoms with van der Waals surface area (Å²) >= 11 is 0. The van der Waals surface area contributed by atoms with Crippen LogP contribution in [0.25, 0.3) is 0 Å². The van der Waals surface area contributed by atoms with Gasteiger partial charge in [-0.25, -0.2) is 0 Å². The Labute approximate surface area is 88.6 Å². The van der Waals surface area contributed by atoms with E-state index in [9.17, 15) is 9.59 Å². The van der Waals surface area contributed by atoms with Crippen LogP contribution in [0.15, 0.2) is 0 Å². The highest BCUT2D eigenvalue weighted by Gasteiger charge is 2.09. The zero-order valence-corrected chi connectivity index (χ0v) is 8.73. The molecule has 0 aromatic rings. The standard InChI is InChI=1S/C10H15NO4/c1-8(4-3-7-11)15-10(14)6-2-5-9(12)13/h8H,2-6H2,1H3,(H,12,13). The Morgan fingerprint density at radius 2 is 2.13 bits per heavy atom. The molecular weight excluding hydrogens is 198 g/mol. The first-order valence-electron chi connectivity index (χ1n) is 4.84. The largest absolute Gasteiger partial charge is 0.481 e. The molecule has 0 aliphatic carbocycles. The SMILES string of the molecule is CC(CCC#N)OC(=O)CCCC(=O)O. The Hall–Kier alpha value is -1.57. The fourth-order valence-corrected chi connectivity index (χ4v) is 0.994. The molecule has 0 fully saturated rings. The molecule has 0 saturated carbocycles. The van der Waals surface area contributed by atoms with E-state index in [0.29, 0.717) is 19.3 Å². The van der Waals surface area contributed by atoms with Gasteiger partial charge in [-0.1, -0.05) is 0 Å². The average Bonchev–Trinajstić information content (AvgIpc) is 2.14. The molecule has 0 spiro atoms. The van der Waals surface area contributed by atoms with E-state index in [0.717, 1.165) is 0 Å². The average molecular weight is 213 g/mol. The Balaban J connectivity index is 3.56. The van der Waals surface area contributed by atoms with Crippen LogP contribution in [-0.4, -0.2) is 23.1 Å². The Morgan fingerprint density at radius 1 is 1.47 bits per heavy atom. The number of carboxylic acid groups (broad SMARTS) is 1. The highest BCUT2D eigenvalue weighted by molar-refractivity contribution is 5.71. The molecule has 0 radical (unpaired) electrons. The highest BCUT2D eigenvalue weighted by atomic mass is 16.5. The highest BCUT2D eigenvalue weighted by Crippen LogP contribution is 2.04. The smallest absolute Gasteiger partial charge is 0.306 e. The van der Waals surface area contributed by atoms with Crippen molar-refractivity contribution in [2.45, 2.75) is 45.1 Å². The van der Waals surface area contributed by atoms with Crippen LogP contribution < -0.4 is 0 Å². The molecule has 0 aliphatic heterocycles. The van der Waals surface area contributed by atoms with Crippen molar-refractivity contribution in [3.05, 3.63) is 0 Å². The van der Waals surface area contributed by atoms with Crippen LogP contribution in [0.3, 0.4) is 0 Å². The molecule has 5 heteroatoms. The van der Waals surface area contributed by atoms with E-state index in [-0.39, 0.29) is 18.9 Å². The molecule has 0 aromatic carbocycles. The van der Waals surface area contributed by atoms with Crippen molar-refractivity contribution in [1.82, 2.24) is 0 Å². The summed E-state index contributed by atoms with van der Waals surface area (Å²) < 4.78 is 4.95. The second-order valence-corrected chi connectivity index (χ2v) is 3.24. The maximum Gasteiger partial charge on any atom is 0.306 e. The van der Waals surface area contributed by atoms with Crippen LogP contribution in [0, 0.1) is 11.3 Å². The lowest BCUT2D eigenvalue weighted by atomic mass is 10.2. The molecule has 0 rings (SSSR count). The van der Waals surface area contributed by atoms with Gasteiger partial charge in [-0.05, 0) is 19.8 Å². The molecule has 5 nitrogen and oxygen atoms in total. The maximum absolute atomic E-state index is 11.1. The van der Waals surface area contributed by atoms with Gasteiger partial charge in [0.25, 0.3) is 0 Å². The van der Waals surface area contributed by atoms with Crippen LogP contribution in [0.4, 0.5) is 0 Å². The fourth-order valence-electron chi connectivity index (χ4n) is 0.994. The summed E-state index contributed by atoms with van der Waals surface area (Å²) in [5, 5.41) is 16.6. The van der Waals surface area contributed by atoms with E-state index < -0.39 is 11.9 Å². The van der Waals surface area contributed by atoms with Crippen LogP contribution in [0.1, 0.15) is 39.0 Å². The van der Waals surface area contributed by atoms with E-state index in [1.165, 1.54) is 0 Å². The van der Waals surface area contributed by atoms with Gasteiger partial charge in [-0.3, -0.25) is 9.59 Å². The zero-order chi connectivity index (χ0) is 11.7. The second-order valence-electron chi connectivity index (χ2n) is 3.24. The lowest BCUT2D eigenvalue weighted by molar-refractivity contribution is -0.148. The predicted octanol–water partition coefficient (Wildman–Crippen LogP) is 1.48. The Bertz CT molecular complexity index is 257. The summed E-state index contributed by atoms with van der Waals surface area (Å²) in [6, 6.07) is 1.96. The third-order valence-corrected chi connectivity index (χ3v) is 1.77. The van der Waals surface area contributed by atoms with E-state index in [1.807, 2.05) is 6.07 Å². The molecule has 0 saturated heterocycles. The van der Waals surface area contributed by atoms with Crippen molar-refractivity contribution in [1.29, 1.82) is 5.26 Å². The third-order valence-electron chi connectivity index (χ3n) is 1.77. The number of carboxylic acids is 1. The Kier molecular flexibility index (Phi) is 6.98. The first kappa shape index (κ1) is 13.4. The summed E-state index contributed by atoms with van der Waals surface area (Å²) in [5.41, 5.74) is 0. The van der Waals surface area contributed by atoms with Crippen molar-refractivity contribution in [2.75, 3.05) is 0 Å². The number of nitriles is 1. The van der Waals surface area contributed by atoms with Crippen LogP contribution in [-0.2, 0) is 14.3 Å². The van der Waals surface area contributed by atoms with Crippen molar-refractivity contribution in [3.8, 4) is 6.07 Å². The predicted molar refractivity (Wildman–Crippen MR) is 51.9 cm³/mol. The van der Waals surface area contributed by atoms with E-state index in [4.69, 9.17) is 15.1 Å². The molecule has 15 heavy (non-hydrogen) atoms. The molecular formula is C10H15NO4. The molecule has 1 N–H and O–H groups in total. The van der Waals surface area contributed by atoms with Crippen molar-refractivity contribution in [3.63, 3.8) is 0 Å². The summed E-state index contributed by atoms with van der Waals surface area (Å²) in [4.78, 5) is 21.3. The minimum Gasteiger partial charge on any atom is -0.481 e. The summed E-state index contributed by atoms with van der Waals surface area (Å²) in [6.07, 6.45) is 0.969. The van der Waals surface area contributed by atoms with Gasteiger partial charge < -0.3 is 9.84 Å². The first-order valence-corrected chi connectivity index (χ1v) is 4.84. The monoisotopic (exact) mass is 213 g/mol. The van der Waals surface area contributed by atoms with E-state index >= 15 is 0 Å². The van der Waals surface area contributed by atoms with Crippen molar-refractivity contribution < 1.29 is 19.4 Å². The van der Waals surface area contributed by atoms with Crippen molar-refractivity contribution in [2.24, 2.45) is 0 Å². The summed E-state index contributed by atoms with van der Waals surface area (Å²) in [5.74, 6) is -1.32. The minimum atomic E-state index is -0.916. The van der Waals surface area contributed by atoms with Gasteiger partial charge >= 0.3 is 11.9 Å². The van der Waals surface area contributed by atoms with Gasteiger partial charge in [0, 0.05) is 19.3 Å². The lowest BCUT2D eigenvalue weighted by Gasteiger charge is -2.10. The number of rotatable bonds is 7. The zero-order valence-electron chi connectivity index (χ0n) is 8.73. The molecule has 0 heterocycles. The van der Waals surface area contributed by atoms with Gasteiger partial charge in [-0.2, -0.15) is 5.26 Å². The fraction of sp³-hybridized carbons (Fsp3) is 0.700. The maximum atomic E-state index is 11.1. The molecule has 0 aliphatic rings. The molecule has 0 bridgehead atoms. The number of carbonyl (C=O) groups is 2. The number of carbonyl (C=O) groups excluding carboxylic acids is 1. The minimum absolute atomic E-state index is 0.0261. The van der Waals surface area contributed by atoms with Gasteiger partial charge in [0.2, 0.25) is 0 Å². The number of nitrogens with zero attached hydrogens (tertiary/aromatic N) is 1. The molecule has 1 atom stereocenters. The van der Waals surface area contributed by atoms with Gasteiger partial charge in [-0.15, -0.1) is 0 Å². The summed E-state index contributed by atoms with van der Waals surface area (Å²) in [7, 11) is 0. The molecule has 1 unspecified atom stereocenters. The van der Waals surface area contributed by atoms with Gasteiger partial charge in [0.05, 0.1) is 12.2 Å². The molecule has 0 aromatic heterocycles. The van der Waals surface area contributed by atoms with Crippen LogP contribution in [0.2, 0.25) is 0 Å². The first-order chi connectivity index (χ1) is 7.06. The van der Waals surface area contributed by atoms with Crippen LogP contribution >= 0.6 is 0 Å². The molecule has 84 valence electrons. The second kappa shape index (κ2) is 7.80. The Morgan fingerprint density at radius 3 is 2.67 bits per heavy atom. The third kappa shape index (κ3) is 8.75. The quantitative estimate of drug-likeness (QED) is 0.647. The molecule has 0 amide bonds. The normalized spacial score (nSPS) is 11.5. The van der Waals surface area contributed by atoms with Gasteiger partial charge in [0.1, 0.15) is 0 Å². The van der Waals surface area contributed by atoms with E-state index in [2.05, 4.69) is 0 Å². The number of hydrogen-bond acceptors (Lipinski definition) is 4. The number of aliphatic carboxylic acids is 1. The number of hydrogen-bond donors (Lipinski definition) is 1.